The molecule has 0 saturated heterocycles. The Hall–Kier alpha value is -0.530. The molecule has 2 nitrogen and oxygen atoms in total. The normalized spacial score (nSPS) is 53.2. The van der Waals surface area contributed by atoms with Crippen LogP contribution in [0, 0.1) is 67.0 Å². The van der Waals surface area contributed by atoms with E-state index in [9.17, 15) is 4.79 Å². The molecule has 0 heterocycles. The molecule has 0 aromatic rings. The minimum Gasteiger partial charge on any atom is -0.460 e. The van der Waals surface area contributed by atoms with E-state index < -0.39 is 5.60 Å². The van der Waals surface area contributed by atoms with Gasteiger partial charge in [0.1, 0.15) is 5.60 Å². The number of carbonyl (C=O) groups is 1. The molecule has 9 aliphatic rings. The van der Waals surface area contributed by atoms with E-state index in [2.05, 4.69) is 62.3 Å². The minimum atomic E-state index is -0.424. The van der Waals surface area contributed by atoms with Gasteiger partial charge in [-0.3, -0.25) is 4.79 Å². The largest absolute Gasteiger partial charge is 0.460 e. The Balaban J connectivity index is 1.51. The second-order valence-corrected chi connectivity index (χ2v) is 19.0. The maximum atomic E-state index is 13.7. The lowest BCUT2D eigenvalue weighted by Gasteiger charge is -2.89. The average Bonchev–Trinajstić information content (AvgIpc) is 2.78. The van der Waals surface area contributed by atoms with Crippen LogP contribution in [0.3, 0.4) is 0 Å². The third-order valence-corrected chi connectivity index (χ3v) is 16.8. The molecule has 38 heavy (non-hydrogen) atoms. The van der Waals surface area contributed by atoms with Crippen molar-refractivity contribution in [3.8, 4) is 0 Å². The van der Waals surface area contributed by atoms with Gasteiger partial charge < -0.3 is 4.74 Å². The van der Waals surface area contributed by atoms with Gasteiger partial charge in [0, 0.05) is 0 Å². The van der Waals surface area contributed by atoms with Crippen molar-refractivity contribution in [3.63, 3.8) is 0 Å². The summed E-state index contributed by atoms with van der Waals surface area (Å²) < 4.78 is 6.10. The topological polar surface area (TPSA) is 26.3 Å². The molecule has 216 valence electrons. The van der Waals surface area contributed by atoms with E-state index in [0.717, 1.165) is 23.7 Å². The summed E-state index contributed by atoms with van der Waals surface area (Å²) in [6.45, 7) is 30.0. The zero-order valence-corrected chi connectivity index (χ0v) is 27.2. The van der Waals surface area contributed by atoms with Crippen molar-refractivity contribution in [2.24, 2.45) is 67.0 Å². The van der Waals surface area contributed by atoms with Crippen LogP contribution >= 0.6 is 0 Å². The molecule has 9 atom stereocenters. The Morgan fingerprint density at radius 3 is 1.79 bits per heavy atom. The Bertz CT molecular complexity index is 1040. The summed E-state index contributed by atoms with van der Waals surface area (Å²) in [5.74, 6) is 3.40. The Morgan fingerprint density at radius 1 is 0.737 bits per heavy atom. The van der Waals surface area contributed by atoms with Gasteiger partial charge in [-0.2, -0.15) is 0 Å². The summed E-state index contributed by atoms with van der Waals surface area (Å²) >= 11 is 0. The molecule has 9 unspecified atom stereocenters. The zero-order valence-electron chi connectivity index (χ0n) is 27.2. The average molecular weight is 525 g/mol. The van der Waals surface area contributed by atoms with Crippen LogP contribution in [0.2, 0.25) is 0 Å². The van der Waals surface area contributed by atoms with Gasteiger partial charge in [-0.1, -0.05) is 62.3 Å². The Morgan fingerprint density at radius 2 is 1.29 bits per heavy atom. The number of hydrogen-bond donors (Lipinski definition) is 0. The van der Waals surface area contributed by atoms with E-state index in [1.165, 1.54) is 57.8 Å². The molecule has 0 aromatic carbocycles. The third kappa shape index (κ3) is 2.68. The van der Waals surface area contributed by atoms with Crippen molar-refractivity contribution in [2.75, 3.05) is 0 Å². The molecule has 9 aliphatic carbocycles. The summed E-state index contributed by atoms with van der Waals surface area (Å²) in [5, 5.41) is 0. The van der Waals surface area contributed by atoms with Gasteiger partial charge in [-0.25, -0.2) is 0 Å². The van der Waals surface area contributed by atoms with Crippen LogP contribution in [-0.2, 0) is 9.53 Å². The van der Waals surface area contributed by atoms with Gasteiger partial charge in [0.05, 0.1) is 6.42 Å². The maximum absolute atomic E-state index is 13.7. The van der Waals surface area contributed by atoms with Crippen LogP contribution in [0.15, 0.2) is 0 Å². The maximum Gasteiger partial charge on any atom is 0.306 e. The number of ether oxygens (including phenoxy) is 1. The quantitative estimate of drug-likeness (QED) is 0.342. The fraction of sp³-hybridized carbons (Fsp3) is 0.972. The highest BCUT2D eigenvalue weighted by molar-refractivity contribution is 5.71. The van der Waals surface area contributed by atoms with E-state index in [-0.39, 0.29) is 27.6 Å². The molecule has 6 bridgehead atoms. The SMILES string of the molecule is CC(C)(C)OC(=O)CC12CC(CCC1(C)C13CC(CCC1(C)C1(C)CCC4CC1C4(C)C)C3(C)C)C2(C)C. The molecule has 0 N–H and O–H groups in total. The lowest BCUT2D eigenvalue weighted by atomic mass is 9.15. The fourth-order valence-corrected chi connectivity index (χ4v) is 14.4. The van der Waals surface area contributed by atoms with E-state index >= 15 is 0 Å². The van der Waals surface area contributed by atoms with E-state index in [1.54, 1.807) is 0 Å². The van der Waals surface area contributed by atoms with Crippen molar-refractivity contribution in [2.45, 2.75) is 153 Å². The molecule has 0 spiro atoms. The van der Waals surface area contributed by atoms with Gasteiger partial charge in [-0.05, 0) is 146 Å². The Labute approximate surface area is 235 Å². The summed E-state index contributed by atoms with van der Waals surface area (Å²) in [7, 11) is 0. The summed E-state index contributed by atoms with van der Waals surface area (Å²) in [4.78, 5) is 13.7. The zero-order chi connectivity index (χ0) is 28.2. The number of esters is 1. The first-order chi connectivity index (χ1) is 17.2. The van der Waals surface area contributed by atoms with Crippen molar-refractivity contribution in [3.05, 3.63) is 0 Å². The standard InChI is InChI=1S/C36H60O2/c1-28(2,3)38-27(37)22-35-20-24(30(35,6)7)15-18-34(35,12)36-21-25(31(36,8)9)14-17-33(36,11)32(10)16-13-23-19-26(32)29(23,4)5/h23-26H,13-22H2,1-12H3. The third-order valence-electron chi connectivity index (χ3n) is 16.8. The van der Waals surface area contributed by atoms with Crippen LogP contribution in [0.5, 0.6) is 0 Å². The lowest BCUT2D eigenvalue weighted by Crippen LogP contribution is -2.83. The number of carbonyl (C=O) groups excluding carboxylic acids is 1. The first-order valence-electron chi connectivity index (χ1n) is 16.4. The number of hydrogen-bond acceptors (Lipinski definition) is 2. The molecule has 9 fully saturated rings. The van der Waals surface area contributed by atoms with Crippen LogP contribution in [0.1, 0.15) is 147 Å². The first kappa shape index (κ1) is 27.6. The molecule has 0 radical (unpaired) electrons. The van der Waals surface area contributed by atoms with E-state index in [1.807, 2.05) is 20.8 Å². The predicted molar refractivity (Wildman–Crippen MR) is 157 cm³/mol. The highest BCUT2D eigenvalue weighted by Crippen LogP contribution is 2.92. The van der Waals surface area contributed by atoms with E-state index in [0.29, 0.717) is 28.1 Å². The molecular formula is C36H60O2. The van der Waals surface area contributed by atoms with Gasteiger partial charge >= 0.3 is 5.97 Å². The van der Waals surface area contributed by atoms with Gasteiger partial charge in [-0.15, -0.1) is 0 Å². The monoisotopic (exact) mass is 524 g/mol. The van der Waals surface area contributed by atoms with Crippen LogP contribution < -0.4 is 0 Å². The van der Waals surface area contributed by atoms with Crippen molar-refractivity contribution >= 4 is 5.97 Å². The van der Waals surface area contributed by atoms with Crippen molar-refractivity contribution in [1.29, 1.82) is 0 Å². The molecule has 0 aromatic heterocycles. The summed E-state index contributed by atoms with van der Waals surface area (Å²) in [6, 6.07) is 0. The number of rotatable bonds is 4. The summed E-state index contributed by atoms with van der Waals surface area (Å²) in [5.41, 5.74) is 1.62. The molecule has 9 saturated carbocycles. The molecule has 0 aliphatic heterocycles. The predicted octanol–water partition coefficient (Wildman–Crippen LogP) is 9.85. The van der Waals surface area contributed by atoms with Gasteiger partial charge in [0.15, 0.2) is 0 Å². The van der Waals surface area contributed by atoms with Gasteiger partial charge in [0.2, 0.25) is 0 Å². The smallest absolute Gasteiger partial charge is 0.306 e. The van der Waals surface area contributed by atoms with E-state index in [4.69, 9.17) is 4.74 Å². The van der Waals surface area contributed by atoms with Crippen LogP contribution in [0.4, 0.5) is 0 Å². The molecule has 0 amide bonds. The number of fused-ring (bicyclic) bond motifs is 7. The second-order valence-electron chi connectivity index (χ2n) is 19.0. The Kier molecular flexibility index (Phi) is 5.28. The highest BCUT2D eigenvalue weighted by Gasteiger charge is 2.86. The van der Waals surface area contributed by atoms with Gasteiger partial charge in [0.25, 0.3) is 0 Å². The molecule has 9 rings (SSSR count). The highest BCUT2D eigenvalue weighted by atomic mass is 16.6. The fourth-order valence-electron chi connectivity index (χ4n) is 14.4. The lowest BCUT2D eigenvalue weighted by molar-refractivity contribution is -0.410. The van der Waals surface area contributed by atoms with Crippen molar-refractivity contribution in [1.82, 2.24) is 0 Å². The molecular weight excluding hydrogens is 464 g/mol. The van der Waals surface area contributed by atoms with Crippen LogP contribution in [-0.4, -0.2) is 11.6 Å². The van der Waals surface area contributed by atoms with Crippen molar-refractivity contribution < 1.29 is 9.53 Å². The minimum absolute atomic E-state index is 0.0226. The van der Waals surface area contributed by atoms with Crippen LogP contribution in [0.25, 0.3) is 0 Å². The first-order valence-corrected chi connectivity index (χ1v) is 16.4. The summed E-state index contributed by atoms with van der Waals surface area (Å²) in [6.07, 6.45) is 12.9. The second kappa shape index (κ2) is 7.27. The molecule has 2 heteroatoms.